The number of aliphatic carboxylic acids is 1. The number of carboxylic acid groups (broad SMARTS) is 1. The second kappa shape index (κ2) is 11.5. The summed E-state index contributed by atoms with van der Waals surface area (Å²) in [5.41, 5.74) is -1.22. The number of nitrogens with one attached hydrogen (secondary N) is 1. The molecule has 10 atom stereocenters. The molecular formula is C28H36N2O12. The maximum Gasteiger partial charge on any atom is 0.329 e. The number of amides is 1. The van der Waals surface area contributed by atoms with E-state index in [-0.39, 0.29) is 35.4 Å². The summed E-state index contributed by atoms with van der Waals surface area (Å²) in [5.74, 6) is -3.90. The third-order valence-electron chi connectivity index (χ3n) is 9.22. The minimum Gasteiger partial charge on any atom is -0.480 e. The van der Waals surface area contributed by atoms with Crippen molar-refractivity contribution >= 4 is 23.5 Å². The van der Waals surface area contributed by atoms with Gasteiger partial charge in [0.2, 0.25) is 18.0 Å². The van der Waals surface area contributed by atoms with Gasteiger partial charge in [-0.2, -0.15) is 0 Å². The van der Waals surface area contributed by atoms with Crippen LogP contribution in [-0.4, -0.2) is 63.0 Å². The average Bonchev–Trinajstić information content (AvgIpc) is 3.18. The molecule has 14 nitrogen and oxygen atoms in total. The summed E-state index contributed by atoms with van der Waals surface area (Å²) >= 11 is 0. The quantitative estimate of drug-likeness (QED) is 0.165. The molecule has 42 heavy (non-hydrogen) atoms. The van der Waals surface area contributed by atoms with Crippen molar-refractivity contribution in [3.63, 3.8) is 0 Å². The van der Waals surface area contributed by atoms with Gasteiger partial charge in [0, 0.05) is 36.8 Å². The number of carboxylic acids is 1. The van der Waals surface area contributed by atoms with E-state index in [2.05, 4.69) is 12.2 Å². The van der Waals surface area contributed by atoms with E-state index < -0.39 is 65.3 Å². The Bertz CT molecular complexity index is 1240. The van der Waals surface area contributed by atoms with E-state index in [0.717, 1.165) is 25.3 Å². The minimum absolute atomic E-state index is 0.0606. The van der Waals surface area contributed by atoms with Crippen molar-refractivity contribution in [3.05, 3.63) is 39.9 Å². The van der Waals surface area contributed by atoms with E-state index >= 15 is 0 Å². The zero-order chi connectivity index (χ0) is 30.4. The number of benzene rings is 1. The van der Waals surface area contributed by atoms with Crippen molar-refractivity contribution < 1.29 is 53.5 Å². The molecule has 1 spiro atoms. The van der Waals surface area contributed by atoms with Crippen molar-refractivity contribution in [1.29, 1.82) is 0 Å². The summed E-state index contributed by atoms with van der Waals surface area (Å²) in [4.78, 5) is 59.3. The number of carbonyl (C=O) groups excluding carboxylic acids is 2. The number of non-ortho nitro benzene ring substituents is 1. The predicted molar refractivity (Wildman–Crippen MR) is 140 cm³/mol. The lowest BCUT2D eigenvalue weighted by molar-refractivity contribution is -0.576. The molecule has 6 rings (SSSR count). The Hall–Kier alpha value is -3.17. The number of carbonyl (C=O) groups is 3. The Labute approximate surface area is 241 Å². The highest BCUT2D eigenvalue weighted by Crippen LogP contribution is 2.60. The van der Waals surface area contributed by atoms with E-state index in [0.29, 0.717) is 12.3 Å². The number of hydrogen-bond donors (Lipinski definition) is 3. The number of nitrogens with zero attached hydrogens (tertiary/aromatic N) is 1. The largest absolute Gasteiger partial charge is 0.480 e. The number of rotatable bonds is 9. The number of nitro benzene ring substituents is 1. The van der Waals surface area contributed by atoms with E-state index in [4.69, 9.17) is 24.0 Å². The number of hydrogen-bond acceptors (Lipinski definition) is 11. The number of fused-ring (bicyclic) bond motifs is 2. The Balaban J connectivity index is 1.20. The van der Waals surface area contributed by atoms with Gasteiger partial charge in [-0.05, 0) is 43.6 Å². The Morgan fingerprint density at radius 1 is 1.17 bits per heavy atom. The fourth-order valence-corrected chi connectivity index (χ4v) is 6.95. The van der Waals surface area contributed by atoms with Crippen LogP contribution in [0.3, 0.4) is 0 Å². The molecule has 4 heterocycles. The van der Waals surface area contributed by atoms with Crippen molar-refractivity contribution in [2.45, 2.75) is 95.4 Å². The van der Waals surface area contributed by atoms with Crippen LogP contribution in [0.1, 0.15) is 71.0 Å². The van der Waals surface area contributed by atoms with Gasteiger partial charge < -0.3 is 29.7 Å². The van der Waals surface area contributed by atoms with E-state index in [1.54, 1.807) is 6.92 Å². The van der Waals surface area contributed by atoms with Gasteiger partial charge in [0.15, 0.2) is 17.9 Å². The maximum atomic E-state index is 12.8. The lowest BCUT2D eigenvalue weighted by Crippen LogP contribution is -2.70. The number of aliphatic hydroxyl groups is 1. The first-order valence-electron chi connectivity index (χ1n) is 14.2. The molecule has 4 aliphatic heterocycles. The molecule has 4 saturated heterocycles. The van der Waals surface area contributed by atoms with Crippen molar-refractivity contribution in [2.75, 3.05) is 0 Å². The first-order valence-corrected chi connectivity index (χ1v) is 14.2. The summed E-state index contributed by atoms with van der Waals surface area (Å²) in [5, 5.41) is 33.3. The van der Waals surface area contributed by atoms with Gasteiger partial charge in [0.25, 0.3) is 5.69 Å². The molecular weight excluding hydrogens is 556 g/mol. The molecule has 1 aromatic rings. The second-order valence-corrected chi connectivity index (χ2v) is 11.9. The van der Waals surface area contributed by atoms with Crippen LogP contribution in [0.4, 0.5) is 5.69 Å². The molecule has 1 aromatic carbocycles. The topological polar surface area (TPSA) is 193 Å². The number of aliphatic hydroxyl groups excluding tert-OH is 1. The standard InChI is InChI=1S/C28H36N2O12/c1-14-7-8-19-15(2)25(39-26-28(19)18(14)11-12-27(3,40-26)41-42-28)38-21(32)10-9-20(31)29-22(24(34)35)23(33)16-5-4-6-17(13-16)30(36)37/h4-6,13-15,18-19,22-23,25-26,33H,7-12H2,1-3H3,(H,29,31)(H,34,35)/t14-,15-,18+,19+,22?,23?,25-,26-,27?,28?/m1/s1. The molecule has 0 aromatic heterocycles. The molecule has 1 saturated carbocycles. The number of esters is 1. The van der Waals surface area contributed by atoms with Crippen molar-refractivity contribution in [2.24, 2.45) is 23.7 Å². The molecule has 1 aliphatic carbocycles. The molecule has 5 fully saturated rings. The van der Waals surface area contributed by atoms with Crippen LogP contribution < -0.4 is 5.32 Å². The van der Waals surface area contributed by atoms with E-state index in [9.17, 15) is 34.7 Å². The van der Waals surface area contributed by atoms with Gasteiger partial charge in [0.05, 0.1) is 11.3 Å². The molecule has 230 valence electrons. The van der Waals surface area contributed by atoms with Crippen LogP contribution in [0.2, 0.25) is 0 Å². The van der Waals surface area contributed by atoms with E-state index in [1.165, 1.54) is 18.2 Å². The van der Waals surface area contributed by atoms with Crippen LogP contribution in [0, 0.1) is 33.8 Å². The number of ether oxygens (including phenoxy) is 3. The smallest absolute Gasteiger partial charge is 0.329 e. The zero-order valence-electron chi connectivity index (χ0n) is 23.6. The molecule has 5 aliphatic rings. The third-order valence-corrected chi connectivity index (χ3v) is 9.22. The highest BCUT2D eigenvalue weighted by molar-refractivity contribution is 5.86. The fraction of sp³-hybridized carbons (Fsp3) is 0.679. The summed E-state index contributed by atoms with van der Waals surface area (Å²) < 4.78 is 18.1. The Morgan fingerprint density at radius 3 is 2.64 bits per heavy atom. The zero-order valence-corrected chi connectivity index (χ0v) is 23.6. The van der Waals surface area contributed by atoms with Crippen LogP contribution in [0.15, 0.2) is 24.3 Å². The lowest BCUT2D eigenvalue weighted by atomic mass is 9.58. The molecule has 1 amide bonds. The minimum atomic E-state index is -1.80. The fourth-order valence-electron chi connectivity index (χ4n) is 6.95. The van der Waals surface area contributed by atoms with Crippen LogP contribution >= 0.6 is 0 Å². The van der Waals surface area contributed by atoms with Crippen LogP contribution in [0.5, 0.6) is 0 Å². The summed E-state index contributed by atoms with van der Waals surface area (Å²) in [6.07, 6.45) is -1.06. The van der Waals surface area contributed by atoms with Gasteiger partial charge in [-0.3, -0.25) is 19.7 Å². The van der Waals surface area contributed by atoms with Gasteiger partial charge >= 0.3 is 11.9 Å². The summed E-state index contributed by atoms with van der Waals surface area (Å²) in [7, 11) is 0. The highest BCUT2D eigenvalue weighted by Gasteiger charge is 2.69. The molecule has 2 bridgehead atoms. The molecule has 14 heteroatoms. The van der Waals surface area contributed by atoms with Gasteiger partial charge in [-0.25, -0.2) is 14.6 Å². The van der Waals surface area contributed by atoms with E-state index in [1.807, 2.05) is 6.92 Å². The maximum absolute atomic E-state index is 12.8. The summed E-state index contributed by atoms with van der Waals surface area (Å²) in [6, 6.07) is 3.01. The molecule has 4 unspecified atom stereocenters. The molecule has 0 radical (unpaired) electrons. The first-order chi connectivity index (χ1) is 19.8. The van der Waals surface area contributed by atoms with Crippen LogP contribution in [0.25, 0.3) is 0 Å². The lowest BCUT2D eigenvalue weighted by Gasteiger charge is -2.59. The second-order valence-electron chi connectivity index (χ2n) is 11.9. The van der Waals surface area contributed by atoms with Gasteiger partial charge in [-0.15, -0.1) is 0 Å². The SMILES string of the molecule is C[C@H]1[C@H](OC(=O)CCC(=O)NC(C(=O)O)C(O)c2cccc([N+](=O)[O-])c2)O[C@@H]2OC3(C)CC[C@H]4[C@H](C)CC[C@@H]1C24OO3. The Morgan fingerprint density at radius 2 is 1.93 bits per heavy atom. The third kappa shape index (κ3) is 5.49. The van der Waals surface area contributed by atoms with Gasteiger partial charge in [-0.1, -0.05) is 26.0 Å². The summed E-state index contributed by atoms with van der Waals surface area (Å²) in [6.45, 7) is 5.90. The molecule has 3 N–H and O–H groups in total. The van der Waals surface area contributed by atoms with Crippen molar-refractivity contribution in [1.82, 2.24) is 5.32 Å². The van der Waals surface area contributed by atoms with Gasteiger partial charge in [0.1, 0.15) is 6.10 Å². The highest BCUT2D eigenvalue weighted by atomic mass is 17.3. The monoisotopic (exact) mass is 592 g/mol. The first kappa shape index (κ1) is 30.3. The van der Waals surface area contributed by atoms with Crippen molar-refractivity contribution in [3.8, 4) is 0 Å². The van der Waals surface area contributed by atoms with Crippen LogP contribution in [-0.2, 0) is 38.4 Å². The Kier molecular flexibility index (Phi) is 8.29. The number of nitro groups is 1. The predicted octanol–water partition coefficient (Wildman–Crippen LogP) is 2.73. The normalized spacial score (nSPS) is 36.6. The average molecular weight is 593 g/mol.